The Bertz CT molecular complexity index is 1030. The summed E-state index contributed by atoms with van der Waals surface area (Å²) in [6, 6.07) is 10.8. The number of hydrogen-bond donors (Lipinski definition) is 1. The highest BCUT2D eigenvalue weighted by Crippen LogP contribution is 2.24. The van der Waals surface area contributed by atoms with E-state index in [-0.39, 0.29) is 22.3 Å². The molecule has 1 atom stereocenters. The highest BCUT2D eigenvalue weighted by Gasteiger charge is 2.23. The van der Waals surface area contributed by atoms with Crippen LogP contribution in [0.3, 0.4) is 0 Å². The molecule has 0 radical (unpaired) electrons. The van der Waals surface area contributed by atoms with Gasteiger partial charge >= 0.3 is 5.97 Å². The van der Waals surface area contributed by atoms with E-state index in [4.69, 9.17) is 4.74 Å². The molecule has 6 nitrogen and oxygen atoms in total. The summed E-state index contributed by atoms with van der Waals surface area (Å²) in [6.45, 7) is 4.99. The number of fused-ring (bicyclic) bond motifs is 1. The molecule has 29 heavy (non-hydrogen) atoms. The van der Waals surface area contributed by atoms with Gasteiger partial charge in [0.1, 0.15) is 0 Å². The van der Waals surface area contributed by atoms with Crippen molar-refractivity contribution in [2.75, 3.05) is 0 Å². The molecule has 0 aromatic heterocycles. The van der Waals surface area contributed by atoms with Crippen LogP contribution in [-0.2, 0) is 27.6 Å². The van der Waals surface area contributed by atoms with Gasteiger partial charge in [-0.2, -0.15) is 0 Å². The van der Waals surface area contributed by atoms with Gasteiger partial charge in [0.2, 0.25) is 15.8 Å². The largest absolute Gasteiger partial charge is 0.451 e. The number of ether oxygens (including phenoxy) is 1. The molecule has 7 heteroatoms. The number of hydrogen-bond acceptors (Lipinski definition) is 5. The Labute approximate surface area is 171 Å². The zero-order valence-corrected chi connectivity index (χ0v) is 17.6. The molecule has 0 saturated carbocycles. The van der Waals surface area contributed by atoms with Gasteiger partial charge in [-0.3, -0.25) is 4.79 Å². The van der Waals surface area contributed by atoms with Gasteiger partial charge in [0.25, 0.3) is 0 Å². The number of ketones is 1. The topological polar surface area (TPSA) is 89.5 Å². The molecule has 0 saturated heterocycles. The molecule has 2 aromatic rings. The monoisotopic (exact) mass is 415 g/mol. The minimum Gasteiger partial charge on any atom is -0.451 e. The van der Waals surface area contributed by atoms with E-state index in [1.165, 1.54) is 35.4 Å². The maximum absolute atomic E-state index is 12.6. The summed E-state index contributed by atoms with van der Waals surface area (Å²) < 4.78 is 32.1. The minimum absolute atomic E-state index is 0.0602. The summed E-state index contributed by atoms with van der Waals surface area (Å²) in [7, 11) is -3.64. The number of benzene rings is 2. The quantitative estimate of drug-likeness (QED) is 0.554. The standard InChI is InChI=1S/C22H25NO5S/c1-14(2)23-29(26,27)20-11-9-17(10-12-20)22(25)28-15(3)21(24)19-8-7-16-5-4-6-18(16)13-19/h7-15,23H,4-6H2,1-3H3. The SMILES string of the molecule is CC(C)NS(=O)(=O)c1ccc(C(=O)OC(C)C(=O)c2ccc3c(c2)CCC3)cc1. The lowest BCUT2D eigenvalue weighted by atomic mass is 10.0. The third-order valence-electron chi connectivity index (χ3n) is 4.83. The first-order valence-electron chi connectivity index (χ1n) is 9.67. The number of nitrogens with one attached hydrogen (secondary N) is 1. The van der Waals surface area contributed by atoms with E-state index in [9.17, 15) is 18.0 Å². The normalized spacial score (nSPS) is 14.5. The number of aryl methyl sites for hydroxylation is 2. The molecular weight excluding hydrogens is 390 g/mol. The number of rotatable bonds is 7. The van der Waals surface area contributed by atoms with E-state index in [1.807, 2.05) is 12.1 Å². The van der Waals surface area contributed by atoms with Crippen LogP contribution in [0, 0.1) is 0 Å². The molecule has 1 unspecified atom stereocenters. The van der Waals surface area contributed by atoms with Crippen LogP contribution >= 0.6 is 0 Å². The number of carbonyl (C=O) groups is 2. The van der Waals surface area contributed by atoms with Crippen LogP contribution in [0.4, 0.5) is 0 Å². The molecule has 1 aliphatic rings. The summed E-state index contributed by atoms with van der Waals surface area (Å²) >= 11 is 0. The zero-order valence-electron chi connectivity index (χ0n) is 16.8. The summed E-state index contributed by atoms with van der Waals surface area (Å²) in [5.41, 5.74) is 3.17. The maximum atomic E-state index is 12.6. The molecule has 0 heterocycles. The summed E-state index contributed by atoms with van der Waals surface area (Å²) in [5.74, 6) is -0.929. The van der Waals surface area contributed by atoms with E-state index >= 15 is 0 Å². The highest BCUT2D eigenvalue weighted by atomic mass is 32.2. The lowest BCUT2D eigenvalue weighted by Gasteiger charge is -2.14. The van der Waals surface area contributed by atoms with Crippen LogP contribution in [0.25, 0.3) is 0 Å². The Morgan fingerprint density at radius 1 is 0.931 bits per heavy atom. The molecule has 0 fully saturated rings. The second-order valence-electron chi connectivity index (χ2n) is 7.55. The van der Waals surface area contributed by atoms with Crippen molar-refractivity contribution >= 4 is 21.8 Å². The second-order valence-corrected chi connectivity index (χ2v) is 9.26. The van der Waals surface area contributed by atoms with Gasteiger partial charge in [-0.1, -0.05) is 12.1 Å². The Kier molecular flexibility index (Phi) is 6.19. The Balaban J connectivity index is 1.67. The molecule has 0 amide bonds. The lowest BCUT2D eigenvalue weighted by Crippen LogP contribution is -2.30. The van der Waals surface area contributed by atoms with Crippen molar-refractivity contribution in [2.24, 2.45) is 0 Å². The Morgan fingerprint density at radius 3 is 2.21 bits per heavy atom. The van der Waals surface area contributed by atoms with Crippen LogP contribution in [0.5, 0.6) is 0 Å². The minimum atomic E-state index is -3.64. The molecule has 0 bridgehead atoms. The number of esters is 1. The van der Waals surface area contributed by atoms with Gasteiger partial charge in [-0.25, -0.2) is 17.9 Å². The average molecular weight is 416 g/mol. The number of carbonyl (C=O) groups excluding carboxylic acids is 2. The van der Waals surface area contributed by atoms with Gasteiger partial charge in [0.15, 0.2) is 6.10 Å². The van der Waals surface area contributed by atoms with Crippen LogP contribution in [0.1, 0.15) is 59.0 Å². The van der Waals surface area contributed by atoms with Crippen LogP contribution in [0.15, 0.2) is 47.4 Å². The lowest BCUT2D eigenvalue weighted by molar-refractivity contribution is 0.0318. The van der Waals surface area contributed by atoms with Crippen molar-refractivity contribution in [3.05, 3.63) is 64.7 Å². The van der Waals surface area contributed by atoms with E-state index in [1.54, 1.807) is 26.8 Å². The average Bonchev–Trinajstić information content (AvgIpc) is 3.14. The van der Waals surface area contributed by atoms with E-state index in [0.717, 1.165) is 19.3 Å². The fourth-order valence-electron chi connectivity index (χ4n) is 3.39. The van der Waals surface area contributed by atoms with Gasteiger partial charge in [0.05, 0.1) is 10.5 Å². The molecule has 0 spiro atoms. The molecular formula is C22H25NO5S. The molecule has 2 aromatic carbocycles. The third-order valence-corrected chi connectivity index (χ3v) is 6.50. The summed E-state index contributed by atoms with van der Waals surface area (Å²) in [6.07, 6.45) is 2.15. The molecule has 1 aliphatic carbocycles. The summed E-state index contributed by atoms with van der Waals surface area (Å²) in [4.78, 5) is 25.1. The molecule has 1 N–H and O–H groups in total. The van der Waals surface area contributed by atoms with Gasteiger partial charge < -0.3 is 4.74 Å². The van der Waals surface area contributed by atoms with Gasteiger partial charge in [-0.05, 0) is 81.5 Å². The van der Waals surface area contributed by atoms with E-state index in [2.05, 4.69) is 4.72 Å². The number of Topliss-reactive ketones (excluding diaryl/α,β-unsaturated/α-hetero) is 1. The third kappa shape index (κ3) is 4.92. The van der Waals surface area contributed by atoms with Gasteiger partial charge in [0, 0.05) is 11.6 Å². The van der Waals surface area contributed by atoms with Crippen molar-refractivity contribution in [3.63, 3.8) is 0 Å². The van der Waals surface area contributed by atoms with Crippen molar-refractivity contribution in [3.8, 4) is 0 Å². The Morgan fingerprint density at radius 2 is 1.55 bits per heavy atom. The smallest absolute Gasteiger partial charge is 0.338 e. The van der Waals surface area contributed by atoms with Crippen LogP contribution < -0.4 is 4.72 Å². The molecule has 0 aliphatic heterocycles. The summed E-state index contributed by atoms with van der Waals surface area (Å²) in [5, 5.41) is 0. The Hall–Kier alpha value is -2.51. The van der Waals surface area contributed by atoms with E-state index < -0.39 is 22.1 Å². The maximum Gasteiger partial charge on any atom is 0.338 e. The van der Waals surface area contributed by atoms with Crippen molar-refractivity contribution in [1.82, 2.24) is 4.72 Å². The predicted molar refractivity (Wildman–Crippen MR) is 110 cm³/mol. The highest BCUT2D eigenvalue weighted by molar-refractivity contribution is 7.89. The van der Waals surface area contributed by atoms with Crippen molar-refractivity contribution in [2.45, 2.75) is 57.1 Å². The molecule has 3 rings (SSSR count). The fourth-order valence-corrected chi connectivity index (χ4v) is 4.64. The predicted octanol–water partition coefficient (Wildman–Crippen LogP) is 3.29. The first kappa shape index (κ1) is 21.2. The van der Waals surface area contributed by atoms with Crippen molar-refractivity contribution < 1.29 is 22.7 Å². The first-order valence-corrected chi connectivity index (χ1v) is 11.1. The van der Waals surface area contributed by atoms with Crippen LogP contribution in [-0.4, -0.2) is 32.3 Å². The van der Waals surface area contributed by atoms with E-state index in [0.29, 0.717) is 5.56 Å². The van der Waals surface area contributed by atoms with Crippen LogP contribution in [0.2, 0.25) is 0 Å². The zero-order chi connectivity index (χ0) is 21.2. The molecule has 154 valence electrons. The first-order chi connectivity index (χ1) is 13.7. The fraction of sp³-hybridized carbons (Fsp3) is 0.364. The van der Waals surface area contributed by atoms with Crippen molar-refractivity contribution in [1.29, 1.82) is 0 Å². The van der Waals surface area contributed by atoms with Gasteiger partial charge in [-0.15, -0.1) is 0 Å². The number of sulfonamides is 1. The second kappa shape index (κ2) is 8.47.